The van der Waals surface area contributed by atoms with E-state index in [4.69, 9.17) is 5.11 Å². The Morgan fingerprint density at radius 1 is 1.29 bits per heavy atom. The van der Waals surface area contributed by atoms with Crippen LogP contribution in [0.3, 0.4) is 0 Å². The Kier molecular flexibility index (Phi) is 7.46. The van der Waals surface area contributed by atoms with E-state index in [9.17, 15) is 9.59 Å². The number of rotatable bonds is 8. The van der Waals surface area contributed by atoms with Crippen LogP contribution in [0.4, 0.5) is 5.69 Å². The predicted octanol–water partition coefficient (Wildman–Crippen LogP) is 2.17. The lowest BCUT2D eigenvalue weighted by Crippen LogP contribution is -2.29. The monoisotopic (exact) mass is 292 g/mol. The molecule has 1 aromatic rings. The highest BCUT2D eigenvalue weighted by atomic mass is 16.3. The molecule has 0 spiro atoms. The van der Waals surface area contributed by atoms with E-state index in [-0.39, 0.29) is 18.4 Å². The SMILES string of the molecule is CCCC(CCO)CNC(=O)c1cccc(NC(C)=O)c1. The molecule has 1 unspecified atom stereocenters. The van der Waals surface area contributed by atoms with Crippen LogP contribution in [0, 0.1) is 5.92 Å². The zero-order valence-electron chi connectivity index (χ0n) is 12.7. The maximum absolute atomic E-state index is 12.1. The molecule has 0 fully saturated rings. The molecular weight excluding hydrogens is 268 g/mol. The van der Waals surface area contributed by atoms with Gasteiger partial charge in [0, 0.05) is 31.3 Å². The summed E-state index contributed by atoms with van der Waals surface area (Å²) in [6, 6.07) is 6.83. The minimum Gasteiger partial charge on any atom is -0.396 e. The number of hydrogen-bond acceptors (Lipinski definition) is 3. The van der Waals surface area contributed by atoms with E-state index < -0.39 is 0 Å². The van der Waals surface area contributed by atoms with Crippen molar-refractivity contribution in [2.45, 2.75) is 33.1 Å². The number of hydrogen-bond donors (Lipinski definition) is 3. The Morgan fingerprint density at radius 2 is 2.05 bits per heavy atom. The van der Waals surface area contributed by atoms with Crippen LogP contribution in [0.25, 0.3) is 0 Å². The molecule has 21 heavy (non-hydrogen) atoms. The van der Waals surface area contributed by atoms with E-state index in [1.807, 2.05) is 0 Å². The van der Waals surface area contributed by atoms with Crippen LogP contribution in [0.15, 0.2) is 24.3 Å². The molecule has 5 nitrogen and oxygen atoms in total. The molecule has 1 aromatic carbocycles. The molecule has 1 rings (SSSR count). The standard InChI is InChI=1S/C16H24N2O3/c1-3-5-13(8-9-19)11-17-16(21)14-6-4-7-15(10-14)18-12(2)20/h4,6-7,10,13,19H,3,5,8-9,11H2,1-2H3,(H,17,21)(H,18,20). The van der Waals surface area contributed by atoms with Crippen LogP contribution in [0.1, 0.15) is 43.5 Å². The summed E-state index contributed by atoms with van der Waals surface area (Å²) in [5, 5.41) is 14.6. The molecule has 0 aliphatic carbocycles. The molecule has 2 amide bonds. The van der Waals surface area contributed by atoms with Crippen LogP contribution in [0.2, 0.25) is 0 Å². The number of benzene rings is 1. The van der Waals surface area contributed by atoms with Gasteiger partial charge in [0.05, 0.1) is 0 Å². The first-order valence-electron chi connectivity index (χ1n) is 7.33. The molecule has 116 valence electrons. The third-order valence-electron chi connectivity index (χ3n) is 3.23. The minimum atomic E-state index is -0.168. The molecule has 0 heterocycles. The number of nitrogens with one attached hydrogen (secondary N) is 2. The van der Waals surface area contributed by atoms with Gasteiger partial charge in [0.15, 0.2) is 0 Å². The quantitative estimate of drug-likeness (QED) is 0.687. The van der Waals surface area contributed by atoms with E-state index in [0.29, 0.717) is 30.1 Å². The number of amides is 2. The second kappa shape index (κ2) is 9.13. The predicted molar refractivity (Wildman–Crippen MR) is 83.2 cm³/mol. The molecule has 0 aliphatic rings. The zero-order chi connectivity index (χ0) is 15.7. The summed E-state index contributed by atoms with van der Waals surface area (Å²) >= 11 is 0. The van der Waals surface area contributed by atoms with Crippen LogP contribution < -0.4 is 10.6 Å². The Labute approximate surface area is 125 Å². The van der Waals surface area contributed by atoms with Crippen LogP contribution in [0.5, 0.6) is 0 Å². The van der Waals surface area contributed by atoms with E-state index in [2.05, 4.69) is 17.6 Å². The smallest absolute Gasteiger partial charge is 0.251 e. The van der Waals surface area contributed by atoms with Gasteiger partial charge in [-0.05, 0) is 37.0 Å². The third kappa shape index (κ3) is 6.40. The Morgan fingerprint density at radius 3 is 2.67 bits per heavy atom. The molecule has 0 saturated carbocycles. The molecule has 0 bridgehead atoms. The summed E-state index contributed by atoms with van der Waals surface area (Å²) in [4.78, 5) is 23.1. The topological polar surface area (TPSA) is 78.4 Å². The Hall–Kier alpha value is -1.88. The summed E-state index contributed by atoms with van der Waals surface area (Å²) < 4.78 is 0. The fraction of sp³-hybridized carbons (Fsp3) is 0.500. The van der Waals surface area contributed by atoms with E-state index >= 15 is 0 Å². The highest BCUT2D eigenvalue weighted by molar-refractivity contribution is 5.96. The van der Waals surface area contributed by atoms with Gasteiger partial charge in [-0.2, -0.15) is 0 Å². The lowest BCUT2D eigenvalue weighted by Gasteiger charge is -2.15. The molecule has 0 aliphatic heterocycles. The van der Waals surface area contributed by atoms with E-state index in [0.717, 1.165) is 12.8 Å². The van der Waals surface area contributed by atoms with E-state index in [1.54, 1.807) is 24.3 Å². The third-order valence-corrected chi connectivity index (χ3v) is 3.23. The average Bonchev–Trinajstić information content (AvgIpc) is 2.44. The van der Waals surface area contributed by atoms with Crippen molar-refractivity contribution in [3.8, 4) is 0 Å². The van der Waals surface area contributed by atoms with Gasteiger partial charge in [-0.3, -0.25) is 9.59 Å². The molecule has 3 N–H and O–H groups in total. The second-order valence-corrected chi connectivity index (χ2v) is 5.14. The maximum Gasteiger partial charge on any atom is 0.251 e. The normalized spacial score (nSPS) is 11.8. The number of aliphatic hydroxyl groups excluding tert-OH is 1. The van der Waals surface area contributed by atoms with Crippen LogP contribution in [-0.4, -0.2) is 30.1 Å². The van der Waals surface area contributed by atoms with Crippen LogP contribution in [-0.2, 0) is 4.79 Å². The van der Waals surface area contributed by atoms with Gasteiger partial charge in [-0.1, -0.05) is 19.4 Å². The molecule has 5 heteroatoms. The summed E-state index contributed by atoms with van der Waals surface area (Å²) in [5.74, 6) is -0.0396. The molecule has 0 radical (unpaired) electrons. The number of aliphatic hydroxyl groups is 1. The van der Waals surface area contributed by atoms with Gasteiger partial charge < -0.3 is 15.7 Å². The Balaban J connectivity index is 2.60. The second-order valence-electron chi connectivity index (χ2n) is 5.14. The van der Waals surface area contributed by atoms with Crippen molar-refractivity contribution in [1.29, 1.82) is 0 Å². The minimum absolute atomic E-state index is 0.137. The molecular formula is C16H24N2O3. The van der Waals surface area contributed by atoms with E-state index in [1.165, 1.54) is 6.92 Å². The molecule has 0 aromatic heterocycles. The number of anilines is 1. The first-order chi connectivity index (χ1) is 10.1. The summed E-state index contributed by atoms with van der Waals surface area (Å²) in [5.41, 5.74) is 1.12. The lowest BCUT2D eigenvalue weighted by atomic mass is 10.00. The van der Waals surface area contributed by atoms with Crippen LogP contribution >= 0.6 is 0 Å². The van der Waals surface area contributed by atoms with Crippen molar-refractivity contribution in [3.05, 3.63) is 29.8 Å². The highest BCUT2D eigenvalue weighted by Crippen LogP contribution is 2.12. The van der Waals surface area contributed by atoms with Gasteiger partial charge >= 0.3 is 0 Å². The fourth-order valence-corrected chi connectivity index (χ4v) is 2.22. The summed E-state index contributed by atoms with van der Waals surface area (Å²) in [7, 11) is 0. The Bertz CT molecular complexity index is 468. The fourth-order valence-electron chi connectivity index (χ4n) is 2.22. The van der Waals surface area contributed by atoms with Crippen molar-refractivity contribution < 1.29 is 14.7 Å². The molecule has 1 atom stereocenters. The molecule has 0 saturated heterocycles. The first kappa shape index (κ1) is 17.2. The zero-order valence-corrected chi connectivity index (χ0v) is 12.7. The van der Waals surface area contributed by atoms with Crippen molar-refractivity contribution in [3.63, 3.8) is 0 Å². The van der Waals surface area contributed by atoms with Gasteiger partial charge in [-0.25, -0.2) is 0 Å². The number of carbonyl (C=O) groups excluding carboxylic acids is 2. The van der Waals surface area contributed by atoms with Crippen molar-refractivity contribution in [2.24, 2.45) is 5.92 Å². The average molecular weight is 292 g/mol. The van der Waals surface area contributed by atoms with Gasteiger partial charge in [0.2, 0.25) is 5.91 Å². The van der Waals surface area contributed by atoms with Crippen molar-refractivity contribution in [1.82, 2.24) is 5.32 Å². The van der Waals surface area contributed by atoms with Crippen molar-refractivity contribution >= 4 is 17.5 Å². The van der Waals surface area contributed by atoms with Gasteiger partial charge in [0.1, 0.15) is 0 Å². The first-order valence-corrected chi connectivity index (χ1v) is 7.33. The maximum atomic E-state index is 12.1. The lowest BCUT2D eigenvalue weighted by molar-refractivity contribution is -0.114. The highest BCUT2D eigenvalue weighted by Gasteiger charge is 2.11. The summed E-state index contributed by atoms with van der Waals surface area (Å²) in [6.07, 6.45) is 2.70. The van der Waals surface area contributed by atoms with Gasteiger partial charge in [-0.15, -0.1) is 0 Å². The number of carbonyl (C=O) groups is 2. The largest absolute Gasteiger partial charge is 0.396 e. The van der Waals surface area contributed by atoms with Crippen molar-refractivity contribution in [2.75, 3.05) is 18.5 Å². The summed E-state index contributed by atoms with van der Waals surface area (Å²) in [6.45, 7) is 4.20. The van der Waals surface area contributed by atoms with Gasteiger partial charge in [0.25, 0.3) is 5.91 Å².